The van der Waals surface area contributed by atoms with Crippen LogP contribution in [0.2, 0.25) is 0 Å². The van der Waals surface area contributed by atoms with Crippen LogP contribution in [0.25, 0.3) is 0 Å². The Morgan fingerprint density at radius 2 is 2.00 bits per heavy atom. The molecule has 0 spiro atoms. The molecule has 7 heteroatoms. The summed E-state index contributed by atoms with van der Waals surface area (Å²) < 4.78 is 5.40. The van der Waals surface area contributed by atoms with Crippen molar-refractivity contribution in [2.45, 2.75) is 38.8 Å². The highest BCUT2D eigenvalue weighted by Gasteiger charge is 2.38. The van der Waals surface area contributed by atoms with E-state index in [2.05, 4.69) is 5.32 Å². The van der Waals surface area contributed by atoms with Gasteiger partial charge in [0.2, 0.25) is 5.91 Å². The zero-order valence-electron chi connectivity index (χ0n) is 13.8. The second-order valence-electron chi connectivity index (χ2n) is 5.66. The molecular formula is C17H22N2O5. The zero-order chi connectivity index (χ0) is 17.7. The Kier molecular flexibility index (Phi) is 5.78. The topological polar surface area (TPSA) is 95.9 Å². The Morgan fingerprint density at radius 3 is 2.58 bits per heavy atom. The molecule has 2 N–H and O–H groups in total. The molecule has 0 bridgehead atoms. The van der Waals surface area contributed by atoms with Gasteiger partial charge in [0.15, 0.2) is 0 Å². The molecule has 0 heterocycles. The van der Waals surface area contributed by atoms with E-state index >= 15 is 0 Å². The van der Waals surface area contributed by atoms with E-state index in [9.17, 15) is 14.4 Å². The molecule has 2 rings (SSSR count). The average molecular weight is 334 g/mol. The van der Waals surface area contributed by atoms with Crippen LogP contribution in [0.3, 0.4) is 0 Å². The number of rotatable bonds is 8. The highest BCUT2D eigenvalue weighted by atomic mass is 16.5. The lowest BCUT2D eigenvalue weighted by Crippen LogP contribution is -2.48. The minimum atomic E-state index is -1.05. The molecule has 1 aliphatic carbocycles. The number of hydrogen-bond acceptors (Lipinski definition) is 4. The maximum atomic E-state index is 12.3. The smallest absolute Gasteiger partial charge is 0.326 e. The molecule has 7 nitrogen and oxygen atoms in total. The van der Waals surface area contributed by atoms with Crippen molar-refractivity contribution in [1.82, 2.24) is 10.2 Å². The van der Waals surface area contributed by atoms with Gasteiger partial charge in [0, 0.05) is 6.04 Å². The van der Waals surface area contributed by atoms with Gasteiger partial charge in [0.25, 0.3) is 5.91 Å². The van der Waals surface area contributed by atoms with E-state index in [0.29, 0.717) is 17.9 Å². The van der Waals surface area contributed by atoms with Crippen molar-refractivity contribution in [3.63, 3.8) is 0 Å². The fourth-order valence-corrected chi connectivity index (χ4v) is 2.49. The molecule has 1 fully saturated rings. The molecule has 0 aliphatic heterocycles. The molecule has 0 radical (unpaired) electrons. The molecule has 1 aromatic rings. The van der Waals surface area contributed by atoms with Crippen molar-refractivity contribution < 1.29 is 24.2 Å². The maximum Gasteiger partial charge on any atom is 0.326 e. The number of nitrogens with one attached hydrogen (secondary N) is 1. The van der Waals surface area contributed by atoms with Crippen LogP contribution in [0, 0.1) is 0 Å². The highest BCUT2D eigenvalue weighted by molar-refractivity contribution is 5.99. The summed E-state index contributed by atoms with van der Waals surface area (Å²) in [6.45, 7) is 3.48. The third-order valence-electron chi connectivity index (χ3n) is 3.83. The van der Waals surface area contributed by atoms with Crippen molar-refractivity contribution in [2.24, 2.45) is 0 Å². The molecular weight excluding hydrogens is 312 g/mol. The van der Waals surface area contributed by atoms with E-state index in [4.69, 9.17) is 9.84 Å². The first-order valence-electron chi connectivity index (χ1n) is 7.99. The number of para-hydroxylation sites is 1. The van der Waals surface area contributed by atoms with E-state index in [1.165, 1.54) is 11.8 Å². The number of carbonyl (C=O) groups excluding carboxylic acids is 2. The van der Waals surface area contributed by atoms with Crippen LogP contribution in [0.4, 0.5) is 0 Å². The van der Waals surface area contributed by atoms with E-state index in [1.54, 1.807) is 24.3 Å². The summed E-state index contributed by atoms with van der Waals surface area (Å²) in [4.78, 5) is 37.1. The maximum absolute atomic E-state index is 12.3. The number of hydrogen-bond donors (Lipinski definition) is 2. The van der Waals surface area contributed by atoms with Crippen molar-refractivity contribution >= 4 is 17.8 Å². The van der Waals surface area contributed by atoms with Gasteiger partial charge in [-0.15, -0.1) is 0 Å². The van der Waals surface area contributed by atoms with Gasteiger partial charge in [-0.25, -0.2) is 4.79 Å². The second kappa shape index (κ2) is 7.81. The number of aliphatic carboxylic acids is 1. The Balaban J connectivity index is 2.00. The van der Waals surface area contributed by atoms with E-state index in [1.807, 2.05) is 6.92 Å². The Morgan fingerprint density at radius 1 is 1.33 bits per heavy atom. The molecule has 1 aliphatic rings. The first kappa shape index (κ1) is 17.8. The number of carbonyl (C=O) groups is 3. The summed E-state index contributed by atoms with van der Waals surface area (Å²) in [5.41, 5.74) is 0.344. The Bertz CT molecular complexity index is 627. The van der Waals surface area contributed by atoms with Crippen LogP contribution in [-0.4, -0.2) is 53.0 Å². The van der Waals surface area contributed by atoms with Crippen LogP contribution in [0.15, 0.2) is 24.3 Å². The van der Waals surface area contributed by atoms with E-state index in [-0.39, 0.29) is 12.6 Å². The number of nitrogens with zero attached hydrogens (tertiary/aromatic N) is 1. The number of ether oxygens (including phenoxy) is 1. The first-order valence-corrected chi connectivity index (χ1v) is 7.99. The normalized spacial score (nSPS) is 14.6. The van der Waals surface area contributed by atoms with Gasteiger partial charge in [0.05, 0.1) is 18.7 Å². The lowest BCUT2D eigenvalue weighted by molar-refractivity contribution is -0.149. The predicted octanol–water partition coefficient (Wildman–Crippen LogP) is 1.28. The summed E-state index contributed by atoms with van der Waals surface area (Å²) in [7, 11) is 0. The number of benzene rings is 1. The van der Waals surface area contributed by atoms with E-state index in [0.717, 1.165) is 12.8 Å². The first-order chi connectivity index (χ1) is 11.5. The summed E-state index contributed by atoms with van der Waals surface area (Å²) in [6.07, 6.45) is 1.59. The molecule has 1 saturated carbocycles. The van der Waals surface area contributed by atoms with Gasteiger partial charge in [0.1, 0.15) is 11.8 Å². The fourth-order valence-electron chi connectivity index (χ4n) is 2.49. The van der Waals surface area contributed by atoms with Crippen LogP contribution in [0.5, 0.6) is 5.75 Å². The lowest BCUT2D eigenvalue weighted by atomic mass is 10.2. The minimum Gasteiger partial charge on any atom is -0.493 e. The zero-order valence-corrected chi connectivity index (χ0v) is 13.8. The van der Waals surface area contributed by atoms with Gasteiger partial charge in [-0.2, -0.15) is 0 Å². The van der Waals surface area contributed by atoms with Gasteiger partial charge < -0.3 is 20.1 Å². The van der Waals surface area contributed by atoms with Crippen LogP contribution in [0.1, 0.15) is 37.0 Å². The summed E-state index contributed by atoms with van der Waals surface area (Å²) in [5.74, 6) is -1.42. The predicted molar refractivity (Wildman–Crippen MR) is 86.9 cm³/mol. The van der Waals surface area contributed by atoms with Gasteiger partial charge >= 0.3 is 5.97 Å². The van der Waals surface area contributed by atoms with Crippen molar-refractivity contribution in [3.05, 3.63) is 29.8 Å². The summed E-state index contributed by atoms with van der Waals surface area (Å²) in [5, 5.41) is 11.7. The molecule has 0 aromatic heterocycles. The Labute approximate surface area is 140 Å². The van der Waals surface area contributed by atoms with Crippen LogP contribution >= 0.6 is 0 Å². The van der Waals surface area contributed by atoms with Gasteiger partial charge in [-0.1, -0.05) is 12.1 Å². The standard InChI is InChI=1S/C17H22N2O5/c1-3-24-14-7-5-4-6-13(14)16(21)18-10-15(20)19(12-8-9-12)11(2)17(22)23/h4-7,11-12H,3,8-10H2,1-2H3,(H,18,21)(H,22,23). The minimum absolute atomic E-state index is 0.0452. The molecule has 130 valence electrons. The van der Waals surface area contributed by atoms with Crippen LogP contribution in [-0.2, 0) is 9.59 Å². The highest BCUT2D eigenvalue weighted by Crippen LogP contribution is 2.28. The third kappa shape index (κ3) is 4.24. The average Bonchev–Trinajstić information content (AvgIpc) is 3.38. The molecule has 2 amide bonds. The molecule has 1 atom stereocenters. The molecule has 0 saturated heterocycles. The number of carboxylic acids is 1. The second-order valence-corrected chi connectivity index (χ2v) is 5.66. The Hall–Kier alpha value is -2.57. The van der Waals surface area contributed by atoms with Gasteiger partial charge in [-0.05, 0) is 38.8 Å². The SMILES string of the molecule is CCOc1ccccc1C(=O)NCC(=O)N(C1CC1)C(C)C(=O)O. The quantitative estimate of drug-likeness (QED) is 0.746. The number of carboxylic acid groups (broad SMARTS) is 1. The summed E-state index contributed by atoms with van der Waals surface area (Å²) in [6, 6.07) is 5.82. The largest absolute Gasteiger partial charge is 0.493 e. The van der Waals surface area contributed by atoms with E-state index < -0.39 is 23.8 Å². The third-order valence-corrected chi connectivity index (χ3v) is 3.83. The molecule has 1 unspecified atom stereocenters. The number of amides is 2. The lowest BCUT2D eigenvalue weighted by Gasteiger charge is -2.26. The van der Waals surface area contributed by atoms with Crippen molar-refractivity contribution in [3.8, 4) is 5.75 Å². The van der Waals surface area contributed by atoms with Crippen LogP contribution < -0.4 is 10.1 Å². The van der Waals surface area contributed by atoms with Crippen molar-refractivity contribution in [1.29, 1.82) is 0 Å². The summed E-state index contributed by atoms with van der Waals surface area (Å²) >= 11 is 0. The van der Waals surface area contributed by atoms with Crippen molar-refractivity contribution in [2.75, 3.05) is 13.2 Å². The van der Waals surface area contributed by atoms with Gasteiger partial charge in [-0.3, -0.25) is 9.59 Å². The fraction of sp³-hybridized carbons (Fsp3) is 0.471. The monoisotopic (exact) mass is 334 g/mol. The molecule has 24 heavy (non-hydrogen) atoms. The molecule has 1 aromatic carbocycles.